The number of carbonyl (C=O) groups excluding carboxylic acids is 1. The molecule has 21 heavy (non-hydrogen) atoms. The van der Waals surface area contributed by atoms with Crippen molar-refractivity contribution in [3.63, 3.8) is 0 Å². The third-order valence-corrected chi connectivity index (χ3v) is 2.96. The van der Waals surface area contributed by atoms with Crippen LogP contribution >= 0.6 is 0 Å². The molecule has 120 valence electrons. The number of aldehydes is 1. The molecule has 0 saturated carbocycles. The smallest absolute Gasteiger partial charge is 0.153 e. The second kappa shape index (κ2) is 11.3. The average molecular weight is 296 g/mol. The predicted octanol–water partition coefficient (Wildman–Crippen LogP) is 3.82. The van der Waals surface area contributed by atoms with E-state index in [0.717, 1.165) is 23.8 Å². The van der Waals surface area contributed by atoms with Gasteiger partial charge in [-0.25, -0.2) is 0 Å². The molecule has 0 fully saturated rings. The van der Waals surface area contributed by atoms with Crippen LogP contribution in [0.15, 0.2) is 12.1 Å². The van der Waals surface area contributed by atoms with Crippen molar-refractivity contribution in [2.75, 3.05) is 27.6 Å². The van der Waals surface area contributed by atoms with Crippen molar-refractivity contribution < 1.29 is 19.0 Å². The number of hydrogen-bond acceptors (Lipinski definition) is 4. The van der Waals surface area contributed by atoms with Gasteiger partial charge in [-0.05, 0) is 35.6 Å². The van der Waals surface area contributed by atoms with E-state index in [1.165, 1.54) is 0 Å². The Morgan fingerprint density at radius 1 is 1.19 bits per heavy atom. The van der Waals surface area contributed by atoms with Crippen LogP contribution in [0.4, 0.5) is 0 Å². The number of hydrogen-bond donors (Lipinski definition) is 0. The molecule has 0 aliphatic rings. The van der Waals surface area contributed by atoms with Gasteiger partial charge < -0.3 is 14.2 Å². The second-order valence-corrected chi connectivity index (χ2v) is 4.63. The molecule has 0 aliphatic carbocycles. The second-order valence-electron chi connectivity index (χ2n) is 4.63. The van der Waals surface area contributed by atoms with Gasteiger partial charge in [0.1, 0.15) is 12.5 Å². The molecule has 0 unspecified atom stereocenters. The minimum Gasteiger partial charge on any atom is -0.496 e. The van der Waals surface area contributed by atoms with Crippen LogP contribution in [0.25, 0.3) is 0 Å². The summed E-state index contributed by atoms with van der Waals surface area (Å²) in [6.45, 7) is 9.09. The number of benzene rings is 1. The van der Waals surface area contributed by atoms with Crippen LogP contribution in [0, 0.1) is 0 Å². The first kappa shape index (κ1) is 19.6. The molecule has 1 aromatic rings. The van der Waals surface area contributed by atoms with Crippen molar-refractivity contribution in [2.45, 2.75) is 40.0 Å². The first-order valence-electron chi connectivity index (χ1n) is 7.36. The molecule has 0 amide bonds. The summed E-state index contributed by atoms with van der Waals surface area (Å²) < 4.78 is 15.4. The fourth-order valence-electron chi connectivity index (χ4n) is 2.00. The zero-order valence-electron chi connectivity index (χ0n) is 14.1. The molecule has 0 atom stereocenters. The van der Waals surface area contributed by atoms with Gasteiger partial charge in [-0.1, -0.05) is 27.7 Å². The summed E-state index contributed by atoms with van der Waals surface area (Å²) in [6.07, 6.45) is 1.60. The van der Waals surface area contributed by atoms with E-state index in [1.54, 1.807) is 14.2 Å². The molecular weight excluding hydrogens is 268 g/mol. The molecule has 0 spiro atoms. The Bertz CT molecular complexity index is 413. The maximum atomic E-state index is 11.1. The molecule has 0 N–H and O–H groups in total. The Morgan fingerprint density at radius 3 is 2.33 bits per heavy atom. The molecular formula is C17H28O4. The molecule has 4 heteroatoms. The normalized spacial score (nSPS) is 10.0. The first-order chi connectivity index (χ1) is 10.1. The lowest BCUT2D eigenvalue weighted by atomic mass is 9.93. The van der Waals surface area contributed by atoms with Gasteiger partial charge in [0.25, 0.3) is 0 Å². The minimum absolute atomic E-state index is 0.292. The van der Waals surface area contributed by atoms with Gasteiger partial charge in [-0.15, -0.1) is 0 Å². The van der Waals surface area contributed by atoms with E-state index in [4.69, 9.17) is 14.2 Å². The highest BCUT2D eigenvalue weighted by Gasteiger charge is 2.12. The molecule has 0 bridgehead atoms. The maximum Gasteiger partial charge on any atom is 0.153 e. The van der Waals surface area contributed by atoms with Gasteiger partial charge in [-0.3, -0.25) is 4.79 Å². The van der Waals surface area contributed by atoms with Gasteiger partial charge in [-0.2, -0.15) is 0 Å². The molecule has 1 aromatic carbocycles. The van der Waals surface area contributed by atoms with Crippen molar-refractivity contribution >= 4 is 6.29 Å². The fraction of sp³-hybridized carbons (Fsp3) is 0.588. The topological polar surface area (TPSA) is 44.8 Å². The standard InChI is InChI=1S/C15H22O4.C2H6/c1-11(2)14-7-13(9-16)15(18-4)8-12(14)5-6-19-10-17-3;1-2/h7-9,11H,5-6,10H2,1-4H3;1-2H3. The lowest BCUT2D eigenvalue weighted by Gasteiger charge is -2.16. The highest BCUT2D eigenvalue weighted by atomic mass is 16.7. The van der Waals surface area contributed by atoms with Crippen LogP contribution < -0.4 is 4.74 Å². The third kappa shape index (κ3) is 6.27. The van der Waals surface area contributed by atoms with E-state index in [1.807, 2.05) is 26.0 Å². The molecule has 0 heterocycles. The summed E-state index contributed by atoms with van der Waals surface area (Å²) >= 11 is 0. The zero-order valence-corrected chi connectivity index (χ0v) is 14.1. The van der Waals surface area contributed by atoms with Crippen LogP contribution in [0.2, 0.25) is 0 Å². The number of methoxy groups -OCH3 is 2. The van der Waals surface area contributed by atoms with E-state index in [0.29, 0.717) is 30.6 Å². The Hall–Kier alpha value is -1.39. The lowest BCUT2D eigenvalue weighted by Crippen LogP contribution is -2.06. The van der Waals surface area contributed by atoms with Gasteiger partial charge in [0.15, 0.2) is 6.29 Å². The largest absolute Gasteiger partial charge is 0.496 e. The molecule has 0 aliphatic heterocycles. The first-order valence-corrected chi connectivity index (χ1v) is 7.36. The molecule has 0 radical (unpaired) electrons. The molecule has 1 rings (SSSR count). The summed E-state index contributed by atoms with van der Waals surface area (Å²) in [5.41, 5.74) is 2.89. The Morgan fingerprint density at radius 2 is 1.86 bits per heavy atom. The van der Waals surface area contributed by atoms with Crippen molar-refractivity contribution in [1.82, 2.24) is 0 Å². The van der Waals surface area contributed by atoms with Crippen molar-refractivity contribution in [1.29, 1.82) is 0 Å². The van der Waals surface area contributed by atoms with E-state index >= 15 is 0 Å². The summed E-state index contributed by atoms with van der Waals surface area (Å²) in [4.78, 5) is 11.1. The summed E-state index contributed by atoms with van der Waals surface area (Å²) in [5.74, 6) is 0.961. The minimum atomic E-state index is 0.292. The number of carbonyl (C=O) groups is 1. The van der Waals surface area contributed by atoms with Crippen LogP contribution in [-0.2, 0) is 15.9 Å². The van der Waals surface area contributed by atoms with Crippen LogP contribution in [0.3, 0.4) is 0 Å². The van der Waals surface area contributed by atoms with Gasteiger partial charge in [0.05, 0.1) is 19.3 Å². The van der Waals surface area contributed by atoms with Gasteiger partial charge in [0.2, 0.25) is 0 Å². The van der Waals surface area contributed by atoms with Crippen molar-refractivity contribution in [2.24, 2.45) is 0 Å². The third-order valence-electron chi connectivity index (χ3n) is 2.96. The summed E-state index contributed by atoms with van der Waals surface area (Å²) in [6, 6.07) is 3.83. The van der Waals surface area contributed by atoms with Crippen LogP contribution in [0.1, 0.15) is 55.1 Å². The highest BCUT2D eigenvalue weighted by molar-refractivity contribution is 5.80. The molecule has 4 nitrogen and oxygen atoms in total. The monoisotopic (exact) mass is 296 g/mol. The van der Waals surface area contributed by atoms with Crippen LogP contribution in [0.5, 0.6) is 5.75 Å². The Kier molecular flexibility index (Phi) is 10.5. The lowest BCUT2D eigenvalue weighted by molar-refractivity contribution is -0.0292. The van der Waals surface area contributed by atoms with Gasteiger partial charge >= 0.3 is 0 Å². The number of rotatable bonds is 8. The van der Waals surface area contributed by atoms with Crippen molar-refractivity contribution in [3.05, 3.63) is 28.8 Å². The van der Waals surface area contributed by atoms with Crippen LogP contribution in [-0.4, -0.2) is 33.9 Å². The molecule has 0 saturated heterocycles. The zero-order chi connectivity index (χ0) is 16.3. The highest BCUT2D eigenvalue weighted by Crippen LogP contribution is 2.28. The summed E-state index contributed by atoms with van der Waals surface area (Å²) in [5, 5.41) is 0. The fourth-order valence-corrected chi connectivity index (χ4v) is 2.00. The van der Waals surface area contributed by atoms with E-state index in [-0.39, 0.29) is 0 Å². The number of ether oxygens (including phenoxy) is 3. The van der Waals surface area contributed by atoms with E-state index in [9.17, 15) is 4.79 Å². The SMILES string of the molecule is CC.COCOCCc1cc(OC)c(C=O)cc1C(C)C. The average Bonchev–Trinajstić information content (AvgIpc) is 2.52. The summed E-state index contributed by atoms with van der Waals surface area (Å²) in [7, 11) is 3.17. The van der Waals surface area contributed by atoms with E-state index in [2.05, 4.69) is 13.8 Å². The molecule has 0 aromatic heterocycles. The predicted molar refractivity (Wildman–Crippen MR) is 85.4 cm³/mol. The van der Waals surface area contributed by atoms with E-state index < -0.39 is 0 Å². The Labute approximate surface area is 128 Å². The quantitative estimate of drug-likeness (QED) is 0.415. The maximum absolute atomic E-state index is 11.1. The Balaban J connectivity index is 0.00000191. The van der Waals surface area contributed by atoms with Gasteiger partial charge in [0, 0.05) is 7.11 Å². The van der Waals surface area contributed by atoms with Crippen molar-refractivity contribution in [3.8, 4) is 5.75 Å².